The van der Waals surface area contributed by atoms with Gasteiger partial charge in [0.25, 0.3) is 5.91 Å². The van der Waals surface area contributed by atoms with Gasteiger partial charge < -0.3 is 19.9 Å². The molecule has 0 bridgehead atoms. The summed E-state index contributed by atoms with van der Waals surface area (Å²) in [6, 6.07) is 20.8. The molecule has 0 fully saturated rings. The monoisotopic (exact) mass is 565 g/mol. The highest BCUT2D eigenvalue weighted by molar-refractivity contribution is 7.99. The standard InChI is InChI=1S/C29H26F3N5O2S/c1-39-25-10-6-5-7-18(25)17-40-28-35-22-13-14-36(16-21(22)26(38)37(28)20-8-3-2-4-9-20)27-33-23-12-11-19(29(30,31)32)15-24(23)34-27/h2-12,15,28,35H,13-14,16-17H2,1H3,(H,33,34). The van der Waals surface area contributed by atoms with Gasteiger partial charge in [0, 0.05) is 35.7 Å². The van der Waals surface area contributed by atoms with Crippen LogP contribution in [-0.4, -0.2) is 41.6 Å². The SMILES string of the molecule is COc1ccccc1CSC1NC2=C(CN(c3nc4ccc(C(F)(F)F)cc4[nH]3)CC2)C(=O)N1c1ccccc1. The maximum Gasteiger partial charge on any atom is 0.416 e. The van der Waals surface area contributed by atoms with Crippen molar-refractivity contribution in [1.82, 2.24) is 15.3 Å². The van der Waals surface area contributed by atoms with E-state index < -0.39 is 11.7 Å². The molecule has 0 saturated heterocycles. The third kappa shape index (κ3) is 4.97. The number of hydrogen-bond acceptors (Lipinski definition) is 6. The van der Waals surface area contributed by atoms with E-state index in [0.29, 0.717) is 41.3 Å². The average molecular weight is 566 g/mol. The van der Waals surface area contributed by atoms with Gasteiger partial charge in [-0.05, 0) is 36.4 Å². The number of carbonyl (C=O) groups is 1. The van der Waals surface area contributed by atoms with E-state index in [1.807, 2.05) is 59.5 Å². The summed E-state index contributed by atoms with van der Waals surface area (Å²) < 4.78 is 45.1. The van der Waals surface area contributed by atoms with Crippen LogP contribution >= 0.6 is 11.8 Å². The minimum Gasteiger partial charge on any atom is -0.496 e. The molecule has 2 aliphatic rings. The van der Waals surface area contributed by atoms with Crippen molar-refractivity contribution in [1.29, 1.82) is 0 Å². The van der Waals surface area contributed by atoms with Crippen LogP contribution in [0.4, 0.5) is 24.8 Å². The second-order valence-corrected chi connectivity index (χ2v) is 10.6. The molecule has 7 nitrogen and oxygen atoms in total. The first-order valence-electron chi connectivity index (χ1n) is 12.7. The number of amides is 1. The minimum absolute atomic E-state index is 0.113. The van der Waals surface area contributed by atoms with Crippen LogP contribution in [0.25, 0.3) is 11.0 Å². The maximum absolute atomic E-state index is 14.0. The van der Waals surface area contributed by atoms with Crippen molar-refractivity contribution in [3.05, 3.63) is 95.2 Å². The maximum atomic E-state index is 14.0. The van der Waals surface area contributed by atoms with E-state index >= 15 is 0 Å². The normalized spacial score (nSPS) is 17.7. The molecule has 40 heavy (non-hydrogen) atoms. The number of imidazole rings is 1. The zero-order chi connectivity index (χ0) is 27.9. The molecule has 1 atom stereocenters. The van der Waals surface area contributed by atoms with Crippen molar-refractivity contribution < 1.29 is 22.7 Å². The molecule has 0 aliphatic carbocycles. The molecule has 0 radical (unpaired) electrons. The van der Waals surface area contributed by atoms with E-state index in [9.17, 15) is 18.0 Å². The van der Waals surface area contributed by atoms with Gasteiger partial charge in [-0.3, -0.25) is 9.69 Å². The lowest BCUT2D eigenvalue weighted by Crippen LogP contribution is -2.55. The summed E-state index contributed by atoms with van der Waals surface area (Å²) in [6.45, 7) is 0.834. The molecule has 1 aromatic heterocycles. The van der Waals surface area contributed by atoms with Crippen LogP contribution in [-0.2, 0) is 16.7 Å². The summed E-state index contributed by atoms with van der Waals surface area (Å²) in [5.74, 6) is 1.75. The Morgan fingerprint density at radius 1 is 1.07 bits per heavy atom. The molecule has 2 N–H and O–H groups in total. The first-order chi connectivity index (χ1) is 19.3. The highest BCUT2D eigenvalue weighted by Gasteiger charge is 2.38. The Morgan fingerprint density at radius 2 is 1.85 bits per heavy atom. The number of thioether (sulfide) groups is 1. The van der Waals surface area contributed by atoms with Crippen molar-refractivity contribution >= 4 is 40.3 Å². The van der Waals surface area contributed by atoms with Crippen LogP contribution in [0.3, 0.4) is 0 Å². The molecule has 206 valence electrons. The smallest absolute Gasteiger partial charge is 0.416 e. The fraction of sp³-hybridized carbons (Fsp3) is 0.241. The van der Waals surface area contributed by atoms with Gasteiger partial charge in [-0.1, -0.05) is 36.4 Å². The third-order valence-corrected chi connectivity index (χ3v) is 8.20. The zero-order valence-electron chi connectivity index (χ0n) is 21.5. The largest absolute Gasteiger partial charge is 0.496 e. The van der Waals surface area contributed by atoms with Crippen molar-refractivity contribution in [3.8, 4) is 5.75 Å². The highest BCUT2D eigenvalue weighted by Crippen LogP contribution is 2.36. The number of halogens is 3. The van der Waals surface area contributed by atoms with Crippen LogP contribution in [0.2, 0.25) is 0 Å². The number of carbonyl (C=O) groups excluding carboxylic acids is 1. The summed E-state index contributed by atoms with van der Waals surface area (Å²) in [5, 5.41) is 3.59. The van der Waals surface area contributed by atoms with Crippen molar-refractivity contribution in [3.63, 3.8) is 0 Å². The number of hydrogen-bond donors (Lipinski definition) is 2. The molecule has 4 aromatic rings. The molecule has 3 aromatic carbocycles. The van der Waals surface area contributed by atoms with Crippen LogP contribution < -0.4 is 19.9 Å². The summed E-state index contributed by atoms with van der Waals surface area (Å²) in [5.41, 5.74) is 2.96. The number of ether oxygens (including phenoxy) is 1. The number of alkyl halides is 3. The van der Waals surface area contributed by atoms with E-state index in [0.717, 1.165) is 34.8 Å². The predicted octanol–water partition coefficient (Wildman–Crippen LogP) is 5.91. The van der Waals surface area contributed by atoms with E-state index in [1.165, 1.54) is 6.07 Å². The average Bonchev–Trinajstić information content (AvgIpc) is 3.40. The summed E-state index contributed by atoms with van der Waals surface area (Å²) in [7, 11) is 1.64. The molecule has 3 heterocycles. The second-order valence-electron chi connectivity index (χ2n) is 9.55. The van der Waals surface area contributed by atoms with E-state index in [4.69, 9.17) is 4.74 Å². The van der Waals surface area contributed by atoms with Crippen LogP contribution in [0.5, 0.6) is 5.75 Å². The molecule has 1 amide bonds. The van der Waals surface area contributed by atoms with Gasteiger partial charge in [-0.2, -0.15) is 13.2 Å². The number of benzene rings is 3. The lowest BCUT2D eigenvalue weighted by atomic mass is 10.0. The van der Waals surface area contributed by atoms with Crippen molar-refractivity contribution in [2.24, 2.45) is 0 Å². The predicted molar refractivity (Wildman–Crippen MR) is 150 cm³/mol. The summed E-state index contributed by atoms with van der Waals surface area (Å²) in [6.07, 6.45) is -3.87. The van der Waals surface area contributed by atoms with E-state index in [2.05, 4.69) is 15.3 Å². The van der Waals surface area contributed by atoms with Crippen LogP contribution in [0.15, 0.2) is 84.1 Å². The third-order valence-electron chi connectivity index (χ3n) is 7.07. The van der Waals surface area contributed by atoms with Crippen molar-refractivity contribution in [2.75, 3.05) is 30.0 Å². The van der Waals surface area contributed by atoms with Crippen molar-refractivity contribution in [2.45, 2.75) is 23.8 Å². The van der Waals surface area contributed by atoms with Crippen LogP contribution in [0.1, 0.15) is 17.5 Å². The van der Waals surface area contributed by atoms with Crippen LogP contribution in [0, 0.1) is 0 Å². The van der Waals surface area contributed by atoms with Gasteiger partial charge >= 0.3 is 6.18 Å². The van der Waals surface area contributed by atoms with Gasteiger partial charge in [0.2, 0.25) is 5.95 Å². The molecule has 0 spiro atoms. The van der Waals surface area contributed by atoms with Gasteiger partial charge in [0.1, 0.15) is 5.75 Å². The first-order valence-corrected chi connectivity index (χ1v) is 13.8. The topological polar surface area (TPSA) is 73.5 Å². The number of methoxy groups -OCH3 is 1. The Hall–Kier alpha value is -4.12. The Balaban J connectivity index is 1.28. The molecule has 11 heteroatoms. The van der Waals surface area contributed by atoms with E-state index in [-0.39, 0.29) is 17.9 Å². The Morgan fingerprint density at radius 3 is 2.62 bits per heavy atom. The molecule has 1 unspecified atom stereocenters. The lowest BCUT2D eigenvalue weighted by Gasteiger charge is -2.42. The number of rotatable bonds is 6. The number of H-pyrrole nitrogens is 1. The molecule has 0 saturated carbocycles. The number of nitrogens with one attached hydrogen (secondary N) is 2. The Bertz CT molecular complexity index is 1590. The molecular formula is C29H26F3N5O2S. The molecule has 2 aliphatic heterocycles. The lowest BCUT2D eigenvalue weighted by molar-refractivity contribution is -0.137. The number of nitrogens with zero attached hydrogens (tertiary/aromatic N) is 3. The quantitative estimate of drug-likeness (QED) is 0.303. The first kappa shape index (κ1) is 26.1. The number of anilines is 2. The fourth-order valence-electron chi connectivity index (χ4n) is 5.04. The fourth-order valence-corrected chi connectivity index (χ4v) is 6.20. The Kier molecular flexibility index (Phi) is 6.83. The minimum atomic E-state index is -4.44. The Labute approximate surface area is 233 Å². The number of fused-ring (bicyclic) bond motifs is 1. The number of aromatic amines is 1. The highest BCUT2D eigenvalue weighted by atomic mass is 32.2. The summed E-state index contributed by atoms with van der Waals surface area (Å²) >= 11 is 1.60. The molecule has 6 rings (SSSR count). The molecular weight excluding hydrogens is 539 g/mol. The van der Waals surface area contributed by atoms with Gasteiger partial charge in [0.05, 0.1) is 35.8 Å². The zero-order valence-corrected chi connectivity index (χ0v) is 22.4. The van der Waals surface area contributed by atoms with Gasteiger partial charge in [-0.25, -0.2) is 4.98 Å². The van der Waals surface area contributed by atoms with Gasteiger partial charge in [-0.15, -0.1) is 11.8 Å². The summed E-state index contributed by atoms with van der Waals surface area (Å²) in [4.78, 5) is 25.2. The second kappa shape index (κ2) is 10.5. The number of para-hydroxylation sites is 2. The van der Waals surface area contributed by atoms with Gasteiger partial charge in [0.15, 0.2) is 5.50 Å². The van der Waals surface area contributed by atoms with E-state index in [1.54, 1.807) is 23.8 Å². The number of aromatic nitrogens is 2.